The number of hydrogen-bond acceptors (Lipinski definition) is 6. The Labute approximate surface area is 148 Å². The highest BCUT2D eigenvalue weighted by Crippen LogP contribution is 2.40. The minimum absolute atomic E-state index is 0.163. The van der Waals surface area contributed by atoms with Crippen LogP contribution in [0.15, 0.2) is 35.2 Å². The van der Waals surface area contributed by atoms with Crippen LogP contribution in [-0.2, 0) is 19.4 Å². The smallest absolute Gasteiger partial charge is 0.303 e. The SMILES string of the molecule is CC(=O)O[C@]1(C)CC[C@@H]([C@@](C)(O)CS(=O)(=O)c2ccccc2)C[C@H]1O. The fraction of sp³-hybridized carbons (Fsp3) is 0.611. The van der Waals surface area contributed by atoms with Crippen molar-refractivity contribution in [3.63, 3.8) is 0 Å². The van der Waals surface area contributed by atoms with Gasteiger partial charge in [0.05, 0.1) is 22.4 Å². The summed E-state index contributed by atoms with van der Waals surface area (Å²) in [5.74, 6) is -1.31. The molecular formula is C18H26O6S. The zero-order valence-corrected chi connectivity index (χ0v) is 15.6. The molecule has 1 aromatic carbocycles. The van der Waals surface area contributed by atoms with Crippen molar-refractivity contribution in [3.05, 3.63) is 30.3 Å². The summed E-state index contributed by atoms with van der Waals surface area (Å²) in [6, 6.07) is 8.00. The third kappa shape index (κ3) is 4.59. The molecule has 25 heavy (non-hydrogen) atoms. The maximum atomic E-state index is 12.6. The molecule has 0 aliphatic heterocycles. The Kier molecular flexibility index (Phi) is 5.61. The van der Waals surface area contributed by atoms with Crippen molar-refractivity contribution < 1.29 is 28.2 Å². The molecule has 0 aromatic heterocycles. The number of hydrogen-bond donors (Lipinski definition) is 2. The molecule has 2 rings (SSSR count). The van der Waals surface area contributed by atoms with Crippen LogP contribution in [0, 0.1) is 5.92 Å². The fourth-order valence-corrected chi connectivity index (χ4v) is 5.23. The number of rotatable bonds is 5. The molecule has 1 aromatic rings. The monoisotopic (exact) mass is 370 g/mol. The third-order valence-electron chi connectivity index (χ3n) is 5.04. The van der Waals surface area contributed by atoms with E-state index in [4.69, 9.17) is 4.74 Å². The van der Waals surface area contributed by atoms with Crippen molar-refractivity contribution in [2.24, 2.45) is 5.92 Å². The number of ether oxygens (including phenoxy) is 1. The van der Waals surface area contributed by atoms with Crippen LogP contribution in [0.25, 0.3) is 0 Å². The van der Waals surface area contributed by atoms with Crippen LogP contribution >= 0.6 is 0 Å². The van der Waals surface area contributed by atoms with Gasteiger partial charge in [0.1, 0.15) is 5.60 Å². The van der Waals surface area contributed by atoms with E-state index in [0.717, 1.165) is 0 Å². The quantitative estimate of drug-likeness (QED) is 0.765. The third-order valence-corrected chi connectivity index (χ3v) is 7.00. The fourth-order valence-electron chi connectivity index (χ4n) is 3.49. The van der Waals surface area contributed by atoms with E-state index in [9.17, 15) is 23.4 Å². The second-order valence-electron chi connectivity index (χ2n) is 7.32. The van der Waals surface area contributed by atoms with Gasteiger partial charge >= 0.3 is 5.97 Å². The van der Waals surface area contributed by atoms with Gasteiger partial charge in [-0.05, 0) is 51.2 Å². The summed E-state index contributed by atoms with van der Waals surface area (Å²) in [5, 5.41) is 21.2. The molecule has 7 heteroatoms. The summed E-state index contributed by atoms with van der Waals surface area (Å²) < 4.78 is 30.3. The highest BCUT2D eigenvalue weighted by atomic mass is 32.2. The van der Waals surface area contributed by atoms with Crippen LogP contribution in [0.4, 0.5) is 0 Å². The first-order chi connectivity index (χ1) is 11.5. The molecule has 0 saturated heterocycles. The molecule has 2 N–H and O–H groups in total. The van der Waals surface area contributed by atoms with Crippen molar-refractivity contribution in [1.29, 1.82) is 0 Å². The van der Waals surface area contributed by atoms with Crippen molar-refractivity contribution in [1.82, 2.24) is 0 Å². The van der Waals surface area contributed by atoms with Gasteiger partial charge in [0, 0.05) is 6.92 Å². The van der Waals surface area contributed by atoms with E-state index in [1.165, 1.54) is 26.0 Å². The van der Waals surface area contributed by atoms with E-state index in [1.54, 1.807) is 25.1 Å². The van der Waals surface area contributed by atoms with Crippen molar-refractivity contribution in [2.75, 3.05) is 5.75 Å². The maximum absolute atomic E-state index is 12.6. The summed E-state index contributed by atoms with van der Waals surface area (Å²) >= 11 is 0. The first-order valence-corrected chi connectivity index (χ1v) is 9.99. The molecule has 140 valence electrons. The van der Waals surface area contributed by atoms with E-state index in [-0.39, 0.29) is 11.3 Å². The number of benzene rings is 1. The maximum Gasteiger partial charge on any atom is 0.303 e. The number of carbonyl (C=O) groups excluding carboxylic acids is 1. The average Bonchev–Trinajstić information content (AvgIpc) is 2.49. The van der Waals surface area contributed by atoms with Gasteiger partial charge in [0.25, 0.3) is 0 Å². The number of esters is 1. The van der Waals surface area contributed by atoms with Crippen molar-refractivity contribution in [3.8, 4) is 0 Å². The molecule has 0 amide bonds. The summed E-state index contributed by atoms with van der Waals surface area (Å²) in [6.07, 6.45) is 0.0279. The van der Waals surface area contributed by atoms with E-state index < -0.39 is 44.8 Å². The largest absolute Gasteiger partial charge is 0.457 e. The first kappa shape index (κ1) is 19.9. The molecule has 0 radical (unpaired) electrons. The molecule has 0 heterocycles. The summed E-state index contributed by atoms with van der Waals surface area (Å²) in [5.41, 5.74) is -2.50. The van der Waals surface area contributed by atoms with Gasteiger partial charge in [-0.15, -0.1) is 0 Å². The Morgan fingerprint density at radius 3 is 2.48 bits per heavy atom. The normalized spacial score (nSPS) is 29.6. The van der Waals surface area contributed by atoms with Crippen LogP contribution in [0.1, 0.15) is 40.0 Å². The molecular weight excluding hydrogens is 344 g/mol. The second-order valence-corrected chi connectivity index (χ2v) is 9.31. The second kappa shape index (κ2) is 7.05. The van der Waals surface area contributed by atoms with Crippen LogP contribution in [0.5, 0.6) is 0 Å². The molecule has 4 atom stereocenters. The number of sulfone groups is 1. The van der Waals surface area contributed by atoms with Gasteiger partial charge in [0.15, 0.2) is 9.84 Å². The Balaban J connectivity index is 2.12. The van der Waals surface area contributed by atoms with Gasteiger partial charge in [-0.25, -0.2) is 8.42 Å². The lowest BCUT2D eigenvalue weighted by molar-refractivity contribution is -0.181. The minimum atomic E-state index is -3.65. The number of aliphatic hydroxyl groups is 2. The van der Waals surface area contributed by atoms with E-state index in [1.807, 2.05) is 0 Å². The molecule has 0 spiro atoms. The highest BCUT2D eigenvalue weighted by Gasteiger charge is 2.47. The summed E-state index contributed by atoms with van der Waals surface area (Å²) in [7, 11) is -3.65. The van der Waals surface area contributed by atoms with Crippen LogP contribution in [0.2, 0.25) is 0 Å². The zero-order valence-electron chi connectivity index (χ0n) is 14.8. The van der Waals surface area contributed by atoms with Crippen LogP contribution in [0.3, 0.4) is 0 Å². The van der Waals surface area contributed by atoms with Crippen molar-refractivity contribution >= 4 is 15.8 Å². The lowest BCUT2D eigenvalue weighted by Crippen LogP contribution is -2.53. The van der Waals surface area contributed by atoms with E-state index in [0.29, 0.717) is 12.8 Å². The van der Waals surface area contributed by atoms with E-state index in [2.05, 4.69) is 0 Å². The zero-order chi connectivity index (χ0) is 18.9. The lowest BCUT2D eigenvalue weighted by atomic mass is 9.71. The Morgan fingerprint density at radius 2 is 1.96 bits per heavy atom. The van der Waals surface area contributed by atoms with Crippen LogP contribution in [-0.4, -0.2) is 47.7 Å². The Hall–Kier alpha value is -1.44. The van der Waals surface area contributed by atoms with Crippen molar-refractivity contribution in [2.45, 2.75) is 62.2 Å². The number of aliphatic hydroxyl groups excluding tert-OH is 1. The first-order valence-electron chi connectivity index (χ1n) is 8.34. The highest BCUT2D eigenvalue weighted by molar-refractivity contribution is 7.91. The molecule has 1 aliphatic carbocycles. The van der Waals surface area contributed by atoms with Crippen LogP contribution < -0.4 is 0 Å². The summed E-state index contributed by atoms with van der Waals surface area (Å²) in [6.45, 7) is 4.43. The molecule has 1 aliphatic rings. The predicted molar refractivity (Wildman–Crippen MR) is 92.6 cm³/mol. The van der Waals surface area contributed by atoms with Gasteiger partial charge in [0.2, 0.25) is 0 Å². The molecule has 1 saturated carbocycles. The minimum Gasteiger partial charge on any atom is -0.457 e. The van der Waals surface area contributed by atoms with Gasteiger partial charge in [-0.3, -0.25) is 4.79 Å². The van der Waals surface area contributed by atoms with Gasteiger partial charge in [-0.1, -0.05) is 18.2 Å². The predicted octanol–water partition coefficient (Wildman–Crippen LogP) is 1.69. The Bertz CT molecular complexity index is 712. The Morgan fingerprint density at radius 1 is 1.36 bits per heavy atom. The standard InChI is InChI=1S/C18H26O6S/c1-13(19)24-18(3)10-9-14(11-16(18)20)17(2,21)12-25(22,23)15-7-5-4-6-8-15/h4-8,14,16,20-21H,9-12H2,1-3H3/t14-,16-,17+,18-/m1/s1. The molecule has 0 bridgehead atoms. The molecule has 6 nitrogen and oxygen atoms in total. The average molecular weight is 370 g/mol. The molecule has 0 unspecified atom stereocenters. The van der Waals surface area contributed by atoms with Gasteiger partial charge < -0.3 is 14.9 Å². The van der Waals surface area contributed by atoms with E-state index >= 15 is 0 Å². The molecule has 1 fully saturated rings. The van der Waals surface area contributed by atoms with Gasteiger partial charge in [-0.2, -0.15) is 0 Å². The summed E-state index contributed by atoms with van der Waals surface area (Å²) in [4.78, 5) is 11.4. The topological polar surface area (TPSA) is 101 Å². The lowest BCUT2D eigenvalue weighted by Gasteiger charge is -2.44. The number of carbonyl (C=O) groups is 1.